The number of piperazine rings is 1. The monoisotopic (exact) mass is 546 g/mol. The Balaban J connectivity index is 1.46. The molecule has 10 nitrogen and oxygen atoms in total. The normalized spacial score (nSPS) is 15.9. The van der Waals surface area contributed by atoms with Crippen molar-refractivity contribution in [2.75, 3.05) is 64.9 Å². The SMILES string of the molecule is CN(C)CCCNc1nc(CN2CCN(S(=O)(=O)c3ccccc3S(C)(=O)=O)CC2)nc2ccccc12. The van der Waals surface area contributed by atoms with Crippen LogP contribution in [0, 0.1) is 0 Å². The minimum absolute atomic E-state index is 0.172. The number of nitrogens with zero attached hydrogens (tertiary/aromatic N) is 5. The van der Waals surface area contributed by atoms with E-state index in [1.807, 2.05) is 38.4 Å². The van der Waals surface area contributed by atoms with Gasteiger partial charge in [-0.15, -0.1) is 0 Å². The Morgan fingerprint density at radius 3 is 2.22 bits per heavy atom. The molecule has 0 spiro atoms. The maximum atomic E-state index is 13.3. The van der Waals surface area contributed by atoms with Crippen molar-refractivity contribution in [2.24, 2.45) is 0 Å². The van der Waals surface area contributed by atoms with Gasteiger partial charge in [0.25, 0.3) is 0 Å². The third-order valence-corrected chi connectivity index (χ3v) is 9.53. The lowest BCUT2D eigenvalue weighted by Crippen LogP contribution is -2.48. The number of hydrogen-bond acceptors (Lipinski definition) is 9. The molecule has 200 valence electrons. The van der Waals surface area contributed by atoms with Crippen LogP contribution < -0.4 is 5.32 Å². The topological polar surface area (TPSA) is 116 Å². The van der Waals surface area contributed by atoms with E-state index in [2.05, 4.69) is 15.1 Å². The molecule has 1 aliphatic heterocycles. The largest absolute Gasteiger partial charge is 0.369 e. The molecule has 2 heterocycles. The molecular formula is C25H34N6O4S2. The number of sulfonamides is 1. The fraction of sp³-hybridized carbons (Fsp3) is 0.440. The van der Waals surface area contributed by atoms with Gasteiger partial charge in [-0.25, -0.2) is 26.8 Å². The van der Waals surface area contributed by atoms with Crippen LogP contribution in [-0.4, -0.2) is 101 Å². The minimum atomic E-state index is -3.94. The number of fused-ring (bicyclic) bond motifs is 1. The zero-order valence-corrected chi connectivity index (χ0v) is 23.1. The van der Waals surface area contributed by atoms with Crippen molar-refractivity contribution in [2.45, 2.75) is 22.8 Å². The molecule has 2 aromatic carbocycles. The summed E-state index contributed by atoms with van der Waals surface area (Å²) in [6.45, 7) is 3.75. The van der Waals surface area contributed by atoms with Crippen LogP contribution in [0.4, 0.5) is 5.82 Å². The molecule has 0 unspecified atom stereocenters. The third kappa shape index (κ3) is 6.63. The molecule has 1 fully saturated rings. The van der Waals surface area contributed by atoms with Gasteiger partial charge >= 0.3 is 0 Å². The van der Waals surface area contributed by atoms with Gasteiger partial charge in [-0.05, 0) is 51.3 Å². The molecule has 0 bridgehead atoms. The van der Waals surface area contributed by atoms with Crippen LogP contribution in [0.15, 0.2) is 58.3 Å². The van der Waals surface area contributed by atoms with Gasteiger partial charge in [-0.2, -0.15) is 4.31 Å². The fourth-order valence-corrected chi connectivity index (χ4v) is 7.39. The Bertz CT molecular complexity index is 1450. The van der Waals surface area contributed by atoms with Crippen LogP contribution in [0.3, 0.4) is 0 Å². The highest BCUT2D eigenvalue weighted by Crippen LogP contribution is 2.26. The molecule has 3 aromatic rings. The summed E-state index contributed by atoms with van der Waals surface area (Å²) in [7, 11) is -3.53. The van der Waals surface area contributed by atoms with Gasteiger partial charge in [0.15, 0.2) is 9.84 Å². The van der Waals surface area contributed by atoms with Crippen LogP contribution in [0.1, 0.15) is 12.2 Å². The standard InChI is InChI=1S/C25H34N6O4S2/c1-29(2)14-8-13-26-25-20-9-4-5-10-21(20)27-24(28-25)19-30-15-17-31(18-16-30)37(34,35)23-12-7-6-11-22(23)36(3,32)33/h4-7,9-12H,8,13-19H2,1-3H3,(H,26,27,28). The Hall–Kier alpha value is -2.64. The second kappa shape index (κ2) is 11.4. The van der Waals surface area contributed by atoms with E-state index in [-0.39, 0.29) is 22.9 Å². The second-order valence-electron chi connectivity index (χ2n) is 9.49. The maximum absolute atomic E-state index is 13.3. The second-order valence-corrected chi connectivity index (χ2v) is 13.4. The van der Waals surface area contributed by atoms with Crippen molar-refractivity contribution in [3.05, 3.63) is 54.4 Å². The summed E-state index contributed by atoms with van der Waals surface area (Å²) >= 11 is 0. The summed E-state index contributed by atoms with van der Waals surface area (Å²) in [6.07, 6.45) is 2.01. The van der Waals surface area contributed by atoms with E-state index in [1.165, 1.54) is 22.5 Å². The van der Waals surface area contributed by atoms with E-state index in [0.29, 0.717) is 25.5 Å². The molecule has 0 aliphatic carbocycles. The average molecular weight is 547 g/mol. The molecule has 1 N–H and O–H groups in total. The van der Waals surface area contributed by atoms with E-state index in [9.17, 15) is 16.8 Å². The van der Waals surface area contributed by atoms with E-state index in [1.54, 1.807) is 6.07 Å². The van der Waals surface area contributed by atoms with Crippen molar-refractivity contribution < 1.29 is 16.8 Å². The van der Waals surface area contributed by atoms with E-state index >= 15 is 0 Å². The fourth-order valence-electron chi connectivity index (χ4n) is 4.37. The zero-order valence-electron chi connectivity index (χ0n) is 21.5. The highest BCUT2D eigenvalue weighted by Gasteiger charge is 2.32. The Labute approximate surface area is 219 Å². The molecule has 0 atom stereocenters. The summed E-state index contributed by atoms with van der Waals surface area (Å²) in [4.78, 5) is 13.4. The number of para-hydroxylation sites is 1. The number of anilines is 1. The van der Waals surface area contributed by atoms with Crippen molar-refractivity contribution in [3.8, 4) is 0 Å². The molecule has 0 amide bonds. The van der Waals surface area contributed by atoms with Gasteiger partial charge in [0, 0.05) is 44.4 Å². The molecule has 0 radical (unpaired) electrons. The van der Waals surface area contributed by atoms with E-state index in [4.69, 9.17) is 9.97 Å². The highest BCUT2D eigenvalue weighted by molar-refractivity contribution is 7.93. The van der Waals surface area contributed by atoms with Crippen LogP contribution in [0.5, 0.6) is 0 Å². The summed E-state index contributed by atoms with van der Waals surface area (Å²) in [6, 6.07) is 13.7. The Morgan fingerprint density at radius 2 is 1.54 bits per heavy atom. The smallest absolute Gasteiger partial charge is 0.244 e. The number of benzene rings is 2. The molecule has 1 aromatic heterocycles. The lowest BCUT2D eigenvalue weighted by Gasteiger charge is -2.33. The Kier molecular flexibility index (Phi) is 8.44. The maximum Gasteiger partial charge on any atom is 0.244 e. The summed E-state index contributed by atoms with van der Waals surface area (Å²) < 4.78 is 52.2. The van der Waals surface area contributed by atoms with Gasteiger partial charge < -0.3 is 10.2 Å². The van der Waals surface area contributed by atoms with Crippen molar-refractivity contribution >= 4 is 36.6 Å². The third-order valence-electron chi connectivity index (χ3n) is 6.29. The predicted molar refractivity (Wildman–Crippen MR) is 145 cm³/mol. The minimum Gasteiger partial charge on any atom is -0.369 e. The Morgan fingerprint density at radius 1 is 0.892 bits per heavy atom. The molecule has 4 rings (SSSR count). The van der Waals surface area contributed by atoms with Crippen LogP contribution >= 0.6 is 0 Å². The van der Waals surface area contributed by atoms with Crippen LogP contribution in [-0.2, 0) is 26.4 Å². The van der Waals surface area contributed by atoms with Crippen LogP contribution in [0.25, 0.3) is 10.9 Å². The molecule has 37 heavy (non-hydrogen) atoms. The first-order chi connectivity index (χ1) is 17.6. The van der Waals surface area contributed by atoms with Crippen molar-refractivity contribution in [1.29, 1.82) is 0 Å². The molecule has 12 heteroatoms. The van der Waals surface area contributed by atoms with Gasteiger partial charge in [-0.3, -0.25) is 4.90 Å². The van der Waals surface area contributed by atoms with E-state index < -0.39 is 19.9 Å². The first-order valence-corrected chi connectivity index (χ1v) is 15.5. The van der Waals surface area contributed by atoms with Gasteiger partial charge in [-0.1, -0.05) is 24.3 Å². The average Bonchev–Trinajstić information content (AvgIpc) is 2.86. The number of sulfone groups is 1. The van der Waals surface area contributed by atoms with Crippen molar-refractivity contribution in [1.82, 2.24) is 24.1 Å². The lowest BCUT2D eigenvalue weighted by molar-refractivity contribution is 0.178. The molecular weight excluding hydrogens is 512 g/mol. The number of hydrogen-bond donors (Lipinski definition) is 1. The van der Waals surface area contributed by atoms with Gasteiger partial charge in [0.1, 0.15) is 16.5 Å². The molecule has 0 saturated carbocycles. The molecule has 1 aliphatic rings. The summed E-state index contributed by atoms with van der Waals surface area (Å²) in [5.41, 5.74) is 0.862. The summed E-state index contributed by atoms with van der Waals surface area (Å²) in [5.74, 6) is 1.48. The number of aromatic nitrogens is 2. The first kappa shape index (κ1) is 27.4. The first-order valence-electron chi connectivity index (χ1n) is 12.2. The highest BCUT2D eigenvalue weighted by atomic mass is 32.2. The summed E-state index contributed by atoms with van der Waals surface area (Å²) in [5, 5.41) is 4.42. The van der Waals surface area contributed by atoms with Gasteiger partial charge in [0.05, 0.1) is 17.0 Å². The van der Waals surface area contributed by atoms with Crippen LogP contribution in [0.2, 0.25) is 0 Å². The lowest BCUT2D eigenvalue weighted by atomic mass is 10.2. The van der Waals surface area contributed by atoms with Gasteiger partial charge in [0.2, 0.25) is 10.0 Å². The number of nitrogens with one attached hydrogen (secondary N) is 1. The van der Waals surface area contributed by atoms with E-state index in [0.717, 1.165) is 42.5 Å². The quantitative estimate of drug-likeness (QED) is 0.381. The van der Waals surface area contributed by atoms with Crippen molar-refractivity contribution in [3.63, 3.8) is 0 Å². The zero-order chi connectivity index (χ0) is 26.6. The number of rotatable bonds is 10. The predicted octanol–water partition coefficient (Wildman–Crippen LogP) is 1.90. The molecule has 1 saturated heterocycles.